The number of carboxylic acids is 1. The fourth-order valence-electron chi connectivity index (χ4n) is 2.18. The fourth-order valence-corrected chi connectivity index (χ4v) is 2.85. The molecule has 0 saturated carbocycles. The number of nitrogens with one attached hydrogen (secondary N) is 1. The molecular weight excluding hydrogens is 370 g/mol. The number of H-pyrrole nitrogens is 1. The predicted molar refractivity (Wildman–Crippen MR) is 77.3 cm³/mol. The van der Waals surface area contributed by atoms with Crippen molar-refractivity contribution in [3.05, 3.63) is 32.6 Å². The van der Waals surface area contributed by atoms with E-state index in [2.05, 4.69) is 14.0 Å². The monoisotopic (exact) mass is 386 g/mol. The summed E-state index contributed by atoms with van der Waals surface area (Å²) in [6.07, 6.45) is -1.90. The smallest absolute Gasteiger partial charge is 0.548 e. The number of carboxylic acid groups (broad SMARTS) is 1. The Morgan fingerprint density at radius 1 is 1.50 bits per heavy atom. The Morgan fingerprint density at radius 2 is 2.15 bits per heavy atom. The summed E-state index contributed by atoms with van der Waals surface area (Å²) in [5.74, 6) is -1.71. The Morgan fingerprint density at radius 3 is 2.77 bits per heavy atom. The van der Waals surface area contributed by atoms with Crippen LogP contribution >= 0.6 is 7.82 Å². The third-order valence-corrected chi connectivity index (χ3v) is 4.34. The van der Waals surface area contributed by atoms with E-state index in [0.717, 1.165) is 4.57 Å². The van der Waals surface area contributed by atoms with Crippen molar-refractivity contribution in [3.8, 4) is 0 Å². The quantitative estimate of drug-likeness (QED) is 0.302. The number of aliphatic hydroxyl groups excluding tert-OH is 1. The third-order valence-electron chi connectivity index (χ3n) is 3.41. The summed E-state index contributed by atoms with van der Waals surface area (Å²) < 4.78 is 26.6. The number of nitrogens with zero attached hydrogens (tertiary/aromatic N) is 1. The second-order valence-electron chi connectivity index (χ2n) is 5.32. The zero-order valence-electron chi connectivity index (χ0n) is 14.0. The van der Waals surface area contributed by atoms with Crippen LogP contribution in [0.15, 0.2) is 15.8 Å². The number of hydrogen-bond donors (Lipinski definition) is 3. The molecule has 14 heteroatoms. The molecule has 140 valence electrons. The topological polar surface area (TPSA) is 180 Å². The maximum atomic E-state index is 11.8. The molecule has 3 N–H and O–H groups in total. The van der Waals surface area contributed by atoms with Gasteiger partial charge in [0.15, 0.2) is 0 Å². The van der Waals surface area contributed by atoms with Crippen LogP contribution in [0.2, 0.25) is 0 Å². The Bertz CT molecular complexity index is 808. The first-order chi connectivity index (χ1) is 11.6. The Kier molecular flexibility index (Phi) is 8.00. The maximum Gasteiger partial charge on any atom is 1.00 e. The number of aliphatic hydroxyl groups is 1. The van der Waals surface area contributed by atoms with Crippen molar-refractivity contribution >= 4 is 13.8 Å². The van der Waals surface area contributed by atoms with Crippen molar-refractivity contribution in [3.63, 3.8) is 0 Å². The molecule has 0 spiro atoms. The van der Waals surface area contributed by atoms with E-state index in [0.29, 0.717) is 0 Å². The van der Waals surface area contributed by atoms with Crippen LogP contribution in [0.5, 0.6) is 0 Å². The second-order valence-corrected chi connectivity index (χ2v) is 6.77. The minimum absolute atomic E-state index is 0. The standard InChI is InChI=1S/C12H17N2O10P.Li/c1-6-3-14(12(19)13-11(6)18)9-2-7(15)8(24-9)4-22-25(20,21)23-5-10(16)17;/h3,7-9,15H,2,4-5H2,1H3,(H,16,17)(H,20,21)(H,13,18,19);/q;+1/p-1/t7-,8+,9+;/m0./s1. The first-order valence-corrected chi connectivity index (χ1v) is 8.56. The van der Waals surface area contributed by atoms with Gasteiger partial charge in [-0.05, 0) is 6.92 Å². The van der Waals surface area contributed by atoms with Gasteiger partial charge in [0.25, 0.3) is 5.56 Å². The van der Waals surface area contributed by atoms with Crippen molar-refractivity contribution in [1.29, 1.82) is 0 Å². The van der Waals surface area contributed by atoms with Gasteiger partial charge in [0.1, 0.15) is 12.3 Å². The summed E-state index contributed by atoms with van der Waals surface area (Å²) in [5, 5.41) is 20.1. The molecule has 1 unspecified atom stereocenters. The minimum Gasteiger partial charge on any atom is -0.548 e. The summed E-state index contributed by atoms with van der Waals surface area (Å²) in [5.41, 5.74) is -1.03. The van der Waals surface area contributed by atoms with Crippen LogP contribution in [-0.4, -0.2) is 50.9 Å². The molecule has 1 saturated heterocycles. The number of aromatic amines is 1. The van der Waals surface area contributed by atoms with Crippen LogP contribution in [0, 0.1) is 6.92 Å². The average molecular weight is 386 g/mol. The second kappa shape index (κ2) is 9.12. The zero-order chi connectivity index (χ0) is 18.8. The van der Waals surface area contributed by atoms with Gasteiger partial charge in [-0.25, -0.2) is 9.36 Å². The molecule has 1 aromatic rings. The number of aromatic nitrogens is 2. The van der Waals surface area contributed by atoms with E-state index in [1.54, 1.807) is 0 Å². The average Bonchev–Trinajstić information content (AvgIpc) is 2.88. The molecule has 4 atom stereocenters. The first-order valence-electron chi connectivity index (χ1n) is 7.06. The molecule has 1 aliphatic rings. The van der Waals surface area contributed by atoms with Gasteiger partial charge in [0.05, 0.1) is 25.3 Å². The van der Waals surface area contributed by atoms with Crippen molar-refractivity contribution in [1.82, 2.24) is 9.55 Å². The van der Waals surface area contributed by atoms with Gasteiger partial charge < -0.3 is 24.6 Å². The molecule has 0 aromatic carbocycles. The molecule has 1 aliphatic heterocycles. The van der Waals surface area contributed by atoms with Crippen LogP contribution in [0.25, 0.3) is 0 Å². The molecule has 2 heterocycles. The number of phosphoric ester groups is 1. The van der Waals surface area contributed by atoms with Gasteiger partial charge in [0, 0.05) is 18.2 Å². The molecule has 26 heavy (non-hydrogen) atoms. The first kappa shape index (κ1) is 22.8. The SMILES string of the molecule is Cc1cn([C@H]2C[C@H](O)[C@@H](COP(=O)(O)OCC(=O)[O-])O2)c(=O)[nH]c1=O.[Li+]. The molecular formula is C12H16LiN2O10P. The van der Waals surface area contributed by atoms with E-state index in [1.807, 2.05) is 0 Å². The number of hydrogen-bond acceptors (Lipinski definition) is 9. The van der Waals surface area contributed by atoms with Crippen LogP contribution in [0.1, 0.15) is 18.2 Å². The molecule has 1 aromatic heterocycles. The third kappa shape index (κ3) is 5.90. The van der Waals surface area contributed by atoms with Crippen LogP contribution in [0.4, 0.5) is 0 Å². The Labute approximate surface area is 158 Å². The molecule has 1 fully saturated rings. The predicted octanol–water partition coefficient (Wildman–Crippen LogP) is -5.62. The number of aryl methyl sites for hydroxylation is 1. The summed E-state index contributed by atoms with van der Waals surface area (Å²) in [4.78, 5) is 44.7. The molecule has 12 nitrogen and oxygen atoms in total. The van der Waals surface area contributed by atoms with Crippen molar-refractivity contribution in [2.45, 2.75) is 31.8 Å². The molecule has 0 radical (unpaired) electrons. The van der Waals surface area contributed by atoms with Crippen LogP contribution in [-0.2, 0) is 23.1 Å². The fraction of sp³-hybridized carbons (Fsp3) is 0.583. The maximum absolute atomic E-state index is 11.8. The number of rotatable bonds is 7. The Balaban J connectivity index is 0.00000338. The van der Waals surface area contributed by atoms with E-state index in [9.17, 15) is 34.1 Å². The number of aliphatic carboxylic acids is 1. The normalized spacial score (nSPS) is 24.7. The summed E-state index contributed by atoms with van der Waals surface area (Å²) >= 11 is 0. The number of ether oxygens (including phenoxy) is 1. The van der Waals surface area contributed by atoms with Gasteiger partial charge in [-0.15, -0.1) is 0 Å². The minimum atomic E-state index is -4.67. The van der Waals surface area contributed by atoms with Crippen molar-refractivity contribution < 1.29 is 57.1 Å². The van der Waals surface area contributed by atoms with Crippen molar-refractivity contribution in [2.75, 3.05) is 13.2 Å². The largest absolute Gasteiger partial charge is 1.00 e. The van der Waals surface area contributed by atoms with E-state index < -0.39 is 56.7 Å². The van der Waals surface area contributed by atoms with Gasteiger partial charge in [-0.1, -0.05) is 0 Å². The number of phosphoric acid groups is 1. The molecule has 2 rings (SSSR count). The Hall–Kier alpha value is -1.22. The van der Waals surface area contributed by atoms with Crippen LogP contribution in [0.3, 0.4) is 0 Å². The van der Waals surface area contributed by atoms with E-state index in [-0.39, 0.29) is 30.8 Å². The summed E-state index contributed by atoms with van der Waals surface area (Å²) in [7, 11) is -4.67. The van der Waals surface area contributed by atoms with E-state index >= 15 is 0 Å². The van der Waals surface area contributed by atoms with Gasteiger partial charge in [-0.3, -0.25) is 23.4 Å². The number of carbonyl (C=O) groups is 1. The molecule has 0 amide bonds. The summed E-state index contributed by atoms with van der Waals surface area (Å²) in [6, 6.07) is 0. The van der Waals surface area contributed by atoms with Crippen LogP contribution < -0.4 is 35.2 Å². The van der Waals surface area contributed by atoms with Gasteiger partial charge in [-0.2, -0.15) is 0 Å². The van der Waals surface area contributed by atoms with Crippen molar-refractivity contribution in [2.24, 2.45) is 0 Å². The molecule has 0 aliphatic carbocycles. The summed E-state index contributed by atoms with van der Waals surface area (Å²) in [6.45, 7) is -0.247. The van der Waals surface area contributed by atoms with E-state index in [4.69, 9.17) is 4.74 Å². The molecule has 0 bridgehead atoms. The van der Waals surface area contributed by atoms with E-state index in [1.165, 1.54) is 13.1 Å². The zero-order valence-corrected chi connectivity index (χ0v) is 14.9. The van der Waals surface area contributed by atoms with Gasteiger partial charge in [0.2, 0.25) is 0 Å². The van der Waals surface area contributed by atoms with Gasteiger partial charge >= 0.3 is 32.4 Å². The number of carbonyl (C=O) groups excluding carboxylic acids is 1.